The van der Waals surface area contributed by atoms with Crippen molar-refractivity contribution in [3.63, 3.8) is 0 Å². The van der Waals surface area contributed by atoms with Gasteiger partial charge in [-0.1, -0.05) is 0 Å². The molecule has 1 amide bonds. The fraction of sp³-hybridized carbons (Fsp3) is 0.200. The molecule has 0 saturated heterocycles. The van der Waals surface area contributed by atoms with Gasteiger partial charge in [-0.3, -0.25) is 4.79 Å². The van der Waals surface area contributed by atoms with Gasteiger partial charge in [-0.2, -0.15) is 0 Å². The maximum Gasteiger partial charge on any atom is 0.394 e. The molecule has 0 fully saturated rings. The molecule has 0 saturated carbocycles. The standard InChI is InChI=1S/C10H9F2NO4/c11-7-2-1-6(5-8(7)12)17-4-3-13-9(14)10(15)16/h1-2,5H,3-4H2,(H,13,14)(H,15,16). The van der Waals surface area contributed by atoms with Crippen LogP contribution in [0.1, 0.15) is 0 Å². The van der Waals surface area contributed by atoms with Crippen LogP contribution < -0.4 is 10.1 Å². The van der Waals surface area contributed by atoms with E-state index < -0.39 is 23.5 Å². The third-order valence-electron chi connectivity index (χ3n) is 1.74. The number of aliphatic carboxylic acids is 1. The number of carbonyl (C=O) groups excluding carboxylic acids is 1. The fourth-order valence-corrected chi connectivity index (χ4v) is 0.976. The molecule has 0 aliphatic rings. The lowest BCUT2D eigenvalue weighted by Gasteiger charge is -2.06. The van der Waals surface area contributed by atoms with Crippen LogP contribution in [0, 0.1) is 11.6 Å². The summed E-state index contributed by atoms with van der Waals surface area (Å²) >= 11 is 0. The van der Waals surface area contributed by atoms with E-state index in [0.29, 0.717) is 0 Å². The quantitative estimate of drug-likeness (QED) is 0.599. The van der Waals surface area contributed by atoms with Crippen LogP contribution >= 0.6 is 0 Å². The Bertz CT molecular complexity index is 436. The molecule has 17 heavy (non-hydrogen) atoms. The van der Waals surface area contributed by atoms with Crippen molar-refractivity contribution in [2.24, 2.45) is 0 Å². The first kappa shape index (κ1) is 12.9. The van der Waals surface area contributed by atoms with Crippen molar-refractivity contribution < 1.29 is 28.2 Å². The zero-order valence-electron chi connectivity index (χ0n) is 8.57. The lowest BCUT2D eigenvalue weighted by atomic mass is 10.3. The number of hydrogen-bond donors (Lipinski definition) is 2. The second kappa shape index (κ2) is 5.78. The smallest absolute Gasteiger partial charge is 0.394 e. The Hall–Kier alpha value is -2.18. The van der Waals surface area contributed by atoms with Gasteiger partial charge in [0, 0.05) is 6.07 Å². The van der Waals surface area contributed by atoms with Gasteiger partial charge in [0.1, 0.15) is 12.4 Å². The zero-order chi connectivity index (χ0) is 12.8. The Balaban J connectivity index is 2.34. The van der Waals surface area contributed by atoms with Gasteiger partial charge >= 0.3 is 11.9 Å². The van der Waals surface area contributed by atoms with Gasteiger partial charge in [-0.25, -0.2) is 13.6 Å². The van der Waals surface area contributed by atoms with Crippen LogP contribution in [0.4, 0.5) is 8.78 Å². The second-order valence-electron chi connectivity index (χ2n) is 2.99. The topological polar surface area (TPSA) is 75.6 Å². The number of carboxylic acids is 1. The number of nitrogens with one attached hydrogen (secondary N) is 1. The maximum absolute atomic E-state index is 12.7. The van der Waals surface area contributed by atoms with Crippen molar-refractivity contribution in [1.82, 2.24) is 5.32 Å². The molecule has 1 aromatic carbocycles. The Morgan fingerprint density at radius 3 is 2.59 bits per heavy atom. The maximum atomic E-state index is 12.7. The summed E-state index contributed by atoms with van der Waals surface area (Å²) in [6.45, 7) is -0.103. The lowest BCUT2D eigenvalue weighted by Crippen LogP contribution is -2.33. The minimum absolute atomic E-state index is 0.0515. The molecule has 0 unspecified atom stereocenters. The van der Waals surface area contributed by atoms with Gasteiger partial charge in [0.15, 0.2) is 11.6 Å². The van der Waals surface area contributed by atoms with Gasteiger partial charge in [0.2, 0.25) is 0 Å². The highest BCUT2D eigenvalue weighted by Crippen LogP contribution is 2.14. The molecule has 5 nitrogen and oxygen atoms in total. The number of hydrogen-bond acceptors (Lipinski definition) is 3. The summed E-state index contributed by atoms with van der Waals surface area (Å²) in [5, 5.41) is 10.3. The van der Waals surface area contributed by atoms with E-state index in [0.717, 1.165) is 12.1 Å². The van der Waals surface area contributed by atoms with Crippen LogP contribution in [-0.4, -0.2) is 30.1 Å². The first-order valence-electron chi connectivity index (χ1n) is 4.59. The van der Waals surface area contributed by atoms with Gasteiger partial charge < -0.3 is 15.2 Å². The van der Waals surface area contributed by atoms with Gasteiger partial charge in [-0.15, -0.1) is 0 Å². The molecule has 0 aromatic heterocycles. The number of rotatable bonds is 4. The molecule has 0 aliphatic carbocycles. The number of ether oxygens (including phenoxy) is 1. The lowest BCUT2D eigenvalue weighted by molar-refractivity contribution is -0.150. The number of carbonyl (C=O) groups is 2. The molecule has 2 N–H and O–H groups in total. The summed E-state index contributed by atoms with van der Waals surface area (Å²) in [6, 6.07) is 2.98. The number of halogens is 2. The molecule has 1 rings (SSSR count). The predicted octanol–water partition coefficient (Wildman–Crippen LogP) is 0.544. The molecule has 0 atom stereocenters. The SMILES string of the molecule is O=C(O)C(=O)NCCOc1ccc(F)c(F)c1. The minimum atomic E-state index is -1.60. The van der Waals surface area contributed by atoms with E-state index in [1.165, 1.54) is 6.07 Å². The summed E-state index contributed by atoms with van der Waals surface area (Å²) in [5.41, 5.74) is 0. The summed E-state index contributed by atoms with van der Waals surface area (Å²) in [7, 11) is 0. The van der Waals surface area contributed by atoms with Crippen LogP contribution in [0.2, 0.25) is 0 Å². The van der Waals surface area contributed by atoms with E-state index in [-0.39, 0.29) is 18.9 Å². The molecule has 0 heterocycles. The summed E-state index contributed by atoms with van der Waals surface area (Å²) in [6.07, 6.45) is 0. The van der Waals surface area contributed by atoms with Crippen molar-refractivity contribution in [3.8, 4) is 5.75 Å². The highest BCUT2D eigenvalue weighted by atomic mass is 19.2. The van der Waals surface area contributed by atoms with Crippen molar-refractivity contribution in [1.29, 1.82) is 0 Å². The monoisotopic (exact) mass is 245 g/mol. The number of carboxylic acid groups (broad SMARTS) is 1. The van der Waals surface area contributed by atoms with Crippen LogP contribution in [0.15, 0.2) is 18.2 Å². The molecule has 92 valence electrons. The Kier molecular flexibility index (Phi) is 4.38. The van der Waals surface area contributed by atoms with E-state index in [1.54, 1.807) is 0 Å². The Morgan fingerprint density at radius 2 is 2.00 bits per heavy atom. The predicted molar refractivity (Wildman–Crippen MR) is 52.5 cm³/mol. The first-order chi connectivity index (χ1) is 8.00. The molecule has 0 bridgehead atoms. The van der Waals surface area contributed by atoms with Gasteiger partial charge in [0.25, 0.3) is 0 Å². The van der Waals surface area contributed by atoms with Gasteiger partial charge in [0.05, 0.1) is 6.54 Å². The number of amides is 1. The highest BCUT2D eigenvalue weighted by molar-refractivity contribution is 6.31. The molecular formula is C10H9F2NO4. The van der Waals surface area contributed by atoms with E-state index in [1.807, 2.05) is 5.32 Å². The van der Waals surface area contributed by atoms with E-state index in [4.69, 9.17) is 9.84 Å². The largest absolute Gasteiger partial charge is 0.492 e. The molecule has 0 aliphatic heterocycles. The van der Waals surface area contributed by atoms with E-state index in [2.05, 4.69) is 0 Å². The normalized spacial score (nSPS) is 9.76. The van der Waals surface area contributed by atoms with Crippen LogP contribution in [0.3, 0.4) is 0 Å². The zero-order valence-corrected chi connectivity index (χ0v) is 8.57. The number of benzene rings is 1. The molecule has 7 heteroatoms. The van der Waals surface area contributed by atoms with Gasteiger partial charge in [-0.05, 0) is 12.1 Å². The van der Waals surface area contributed by atoms with Crippen molar-refractivity contribution in [3.05, 3.63) is 29.8 Å². The summed E-state index contributed by atoms with van der Waals surface area (Å²) < 4.78 is 30.2. The van der Waals surface area contributed by atoms with Crippen LogP contribution in [-0.2, 0) is 9.59 Å². The van der Waals surface area contributed by atoms with Crippen molar-refractivity contribution >= 4 is 11.9 Å². The Labute approximate surface area is 95.0 Å². The third kappa shape index (κ3) is 4.06. The first-order valence-corrected chi connectivity index (χ1v) is 4.59. The molecule has 0 spiro atoms. The Morgan fingerprint density at radius 1 is 1.29 bits per heavy atom. The van der Waals surface area contributed by atoms with Crippen LogP contribution in [0.5, 0.6) is 5.75 Å². The molecular weight excluding hydrogens is 236 g/mol. The fourth-order valence-electron chi connectivity index (χ4n) is 0.976. The average Bonchev–Trinajstić information content (AvgIpc) is 2.28. The third-order valence-corrected chi connectivity index (χ3v) is 1.74. The second-order valence-corrected chi connectivity index (χ2v) is 2.99. The molecule has 1 aromatic rings. The van der Waals surface area contributed by atoms with Crippen molar-refractivity contribution in [2.75, 3.05) is 13.2 Å². The van der Waals surface area contributed by atoms with E-state index in [9.17, 15) is 18.4 Å². The average molecular weight is 245 g/mol. The summed E-state index contributed by atoms with van der Waals surface area (Å²) in [5.74, 6) is -4.70. The summed E-state index contributed by atoms with van der Waals surface area (Å²) in [4.78, 5) is 20.7. The highest BCUT2D eigenvalue weighted by Gasteiger charge is 2.09. The van der Waals surface area contributed by atoms with Crippen LogP contribution in [0.25, 0.3) is 0 Å². The van der Waals surface area contributed by atoms with E-state index >= 15 is 0 Å². The minimum Gasteiger partial charge on any atom is -0.492 e. The van der Waals surface area contributed by atoms with Crippen molar-refractivity contribution in [2.45, 2.75) is 0 Å². The molecule has 0 radical (unpaired) electrons.